The topological polar surface area (TPSA) is 99.5 Å². The van der Waals surface area contributed by atoms with Gasteiger partial charge in [0.15, 0.2) is 0 Å². The van der Waals surface area contributed by atoms with Crippen molar-refractivity contribution < 1.29 is 29.3 Å². The summed E-state index contributed by atoms with van der Waals surface area (Å²) in [7, 11) is 1.56. The monoisotopic (exact) mass is 324 g/mol. The average Bonchev–Trinajstić information content (AvgIpc) is 2.54. The van der Waals surface area contributed by atoms with E-state index in [1.165, 1.54) is 9.80 Å². The SMILES string of the molecule is COc1cccc(OCC[C@@H]2CN(C(=O)O)CCN2C(=O)O)c1. The van der Waals surface area contributed by atoms with Gasteiger partial charge in [-0.3, -0.25) is 0 Å². The third kappa shape index (κ3) is 4.41. The molecule has 0 spiro atoms. The predicted octanol–water partition coefficient (Wildman–Crippen LogP) is 1.81. The van der Waals surface area contributed by atoms with Gasteiger partial charge in [0.05, 0.1) is 19.8 Å². The highest BCUT2D eigenvalue weighted by Gasteiger charge is 2.32. The lowest BCUT2D eigenvalue weighted by Gasteiger charge is -2.38. The van der Waals surface area contributed by atoms with Gasteiger partial charge in [-0.05, 0) is 12.1 Å². The summed E-state index contributed by atoms with van der Waals surface area (Å²) in [6, 6.07) is 6.69. The van der Waals surface area contributed by atoms with Crippen molar-refractivity contribution in [1.82, 2.24) is 9.80 Å². The number of nitrogens with zero attached hydrogens (tertiary/aromatic N) is 2. The average molecular weight is 324 g/mol. The molecule has 1 aromatic rings. The molecule has 126 valence electrons. The zero-order chi connectivity index (χ0) is 16.8. The van der Waals surface area contributed by atoms with Crippen molar-refractivity contribution in [3.63, 3.8) is 0 Å². The third-order valence-electron chi connectivity index (χ3n) is 3.76. The van der Waals surface area contributed by atoms with Crippen molar-refractivity contribution in [2.24, 2.45) is 0 Å². The lowest BCUT2D eigenvalue weighted by molar-refractivity contribution is 0.0562. The van der Waals surface area contributed by atoms with Gasteiger partial charge >= 0.3 is 12.2 Å². The molecule has 23 heavy (non-hydrogen) atoms. The molecule has 1 aromatic carbocycles. The molecule has 0 unspecified atom stereocenters. The van der Waals surface area contributed by atoms with E-state index in [1.807, 2.05) is 0 Å². The Morgan fingerprint density at radius 2 is 1.96 bits per heavy atom. The van der Waals surface area contributed by atoms with E-state index in [9.17, 15) is 14.7 Å². The van der Waals surface area contributed by atoms with Crippen molar-refractivity contribution in [3.05, 3.63) is 24.3 Å². The Bertz CT molecular complexity index is 565. The van der Waals surface area contributed by atoms with Crippen LogP contribution in [0.2, 0.25) is 0 Å². The lowest BCUT2D eigenvalue weighted by atomic mass is 10.1. The molecule has 2 rings (SSSR count). The largest absolute Gasteiger partial charge is 0.497 e. The fraction of sp³-hybridized carbons (Fsp3) is 0.467. The molecule has 0 saturated carbocycles. The molecule has 2 N–H and O–H groups in total. The van der Waals surface area contributed by atoms with Crippen LogP contribution in [0.1, 0.15) is 6.42 Å². The van der Waals surface area contributed by atoms with Gasteiger partial charge < -0.3 is 29.5 Å². The van der Waals surface area contributed by atoms with Gasteiger partial charge in [0.1, 0.15) is 11.5 Å². The zero-order valence-electron chi connectivity index (χ0n) is 12.8. The highest BCUT2D eigenvalue weighted by atomic mass is 16.5. The van der Waals surface area contributed by atoms with Crippen molar-refractivity contribution in [2.75, 3.05) is 33.4 Å². The van der Waals surface area contributed by atoms with Crippen molar-refractivity contribution in [2.45, 2.75) is 12.5 Å². The third-order valence-corrected chi connectivity index (χ3v) is 3.76. The second-order valence-electron chi connectivity index (χ2n) is 5.17. The molecule has 0 radical (unpaired) electrons. The standard InChI is InChI=1S/C15H20N2O6/c1-22-12-3-2-4-13(9-12)23-8-5-11-10-16(14(18)19)6-7-17(11)15(20)21/h2-4,9,11H,5-8,10H2,1H3,(H,18,19)(H,20,21)/t11-/m1/s1. The highest BCUT2D eigenvalue weighted by molar-refractivity contribution is 5.68. The number of hydrogen-bond donors (Lipinski definition) is 2. The van der Waals surface area contributed by atoms with Crippen molar-refractivity contribution in [1.29, 1.82) is 0 Å². The van der Waals surface area contributed by atoms with Crippen LogP contribution in [-0.4, -0.2) is 71.6 Å². The van der Waals surface area contributed by atoms with Crippen LogP contribution >= 0.6 is 0 Å². The number of piperazine rings is 1. The fourth-order valence-corrected chi connectivity index (χ4v) is 2.53. The first kappa shape index (κ1) is 16.7. The maximum absolute atomic E-state index is 11.3. The Hall–Kier alpha value is -2.64. The molecular weight excluding hydrogens is 304 g/mol. The van der Waals surface area contributed by atoms with Crippen molar-refractivity contribution in [3.8, 4) is 11.5 Å². The van der Waals surface area contributed by atoms with Crippen LogP contribution < -0.4 is 9.47 Å². The summed E-state index contributed by atoms with van der Waals surface area (Å²) < 4.78 is 10.7. The second-order valence-corrected chi connectivity index (χ2v) is 5.17. The summed E-state index contributed by atoms with van der Waals surface area (Å²) >= 11 is 0. The molecule has 1 aliphatic rings. The van der Waals surface area contributed by atoms with Crippen LogP contribution in [0.4, 0.5) is 9.59 Å². The molecule has 2 amide bonds. The molecule has 0 bridgehead atoms. The summed E-state index contributed by atoms with van der Waals surface area (Å²) in [6.07, 6.45) is -1.66. The summed E-state index contributed by atoms with van der Waals surface area (Å²) in [4.78, 5) is 24.8. The van der Waals surface area contributed by atoms with E-state index in [-0.39, 0.29) is 26.2 Å². The quantitative estimate of drug-likeness (QED) is 0.857. The lowest BCUT2D eigenvalue weighted by Crippen LogP contribution is -2.56. The van der Waals surface area contributed by atoms with Crippen LogP contribution in [0.25, 0.3) is 0 Å². The summed E-state index contributed by atoms with van der Waals surface area (Å²) in [5.74, 6) is 1.29. The number of methoxy groups -OCH3 is 1. The van der Waals surface area contributed by atoms with Crippen LogP contribution in [0, 0.1) is 0 Å². The van der Waals surface area contributed by atoms with E-state index in [1.54, 1.807) is 31.4 Å². The van der Waals surface area contributed by atoms with Gasteiger partial charge in [-0.15, -0.1) is 0 Å². The molecule has 8 nitrogen and oxygen atoms in total. The second kappa shape index (κ2) is 7.57. The van der Waals surface area contributed by atoms with Gasteiger partial charge in [-0.25, -0.2) is 9.59 Å². The maximum Gasteiger partial charge on any atom is 0.407 e. The molecule has 1 heterocycles. The zero-order valence-corrected chi connectivity index (χ0v) is 12.8. The molecule has 8 heteroatoms. The van der Waals surface area contributed by atoms with Crippen LogP contribution in [0.3, 0.4) is 0 Å². The van der Waals surface area contributed by atoms with Crippen LogP contribution in [0.5, 0.6) is 11.5 Å². The number of carboxylic acid groups (broad SMARTS) is 2. The Kier molecular flexibility index (Phi) is 5.51. The van der Waals surface area contributed by atoms with Gasteiger partial charge in [0.2, 0.25) is 0 Å². The first-order valence-electron chi connectivity index (χ1n) is 7.25. The molecule has 0 aromatic heterocycles. The Labute approximate surface area is 133 Å². The Morgan fingerprint density at radius 1 is 1.22 bits per heavy atom. The van der Waals surface area contributed by atoms with Crippen LogP contribution in [0.15, 0.2) is 24.3 Å². The fourth-order valence-electron chi connectivity index (χ4n) is 2.53. The summed E-state index contributed by atoms with van der Waals surface area (Å²) in [6.45, 7) is 0.804. The number of hydrogen-bond acceptors (Lipinski definition) is 4. The van der Waals surface area contributed by atoms with Gasteiger partial charge in [0.25, 0.3) is 0 Å². The normalized spacial score (nSPS) is 17.7. The Balaban J connectivity index is 1.92. The predicted molar refractivity (Wildman–Crippen MR) is 81.2 cm³/mol. The molecule has 1 aliphatic heterocycles. The van der Waals surface area contributed by atoms with Gasteiger partial charge in [-0.1, -0.05) is 6.07 Å². The highest BCUT2D eigenvalue weighted by Crippen LogP contribution is 2.20. The minimum atomic E-state index is -1.04. The van der Waals surface area contributed by atoms with Gasteiger partial charge in [0, 0.05) is 32.1 Å². The first-order chi connectivity index (χ1) is 11.0. The first-order valence-corrected chi connectivity index (χ1v) is 7.25. The van der Waals surface area contributed by atoms with E-state index in [0.29, 0.717) is 17.9 Å². The summed E-state index contributed by atoms with van der Waals surface area (Å²) in [5, 5.41) is 18.3. The Morgan fingerprint density at radius 3 is 2.61 bits per heavy atom. The van der Waals surface area contributed by atoms with E-state index in [2.05, 4.69) is 0 Å². The van der Waals surface area contributed by atoms with E-state index < -0.39 is 18.2 Å². The number of benzene rings is 1. The maximum atomic E-state index is 11.3. The van der Waals surface area contributed by atoms with E-state index in [0.717, 1.165) is 0 Å². The van der Waals surface area contributed by atoms with E-state index in [4.69, 9.17) is 14.6 Å². The minimum absolute atomic E-state index is 0.156. The van der Waals surface area contributed by atoms with Gasteiger partial charge in [-0.2, -0.15) is 0 Å². The number of carbonyl (C=O) groups is 2. The van der Waals surface area contributed by atoms with E-state index >= 15 is 0 Å². The molecular formula is C15H20N2O6. The number of rotatable bonds is 5. The minimum Gasteiger partial charge on any atom is -0.497 e. The molecule has 1 fully saturated rings. The molecule has 1 atom stereocenters. The number of ether oxygens (including phenoxy) is 2. The van der Waals surface area contributed by atoms with Crippen molar-refractivity contribution >= 4 is 12.2 Å². The molecule has 1 saturated heterocycles. The smallest absolute Gasteiger partial charge is 0.407 e. The van der Waals surface area contributed by atoms with Crippen LogP contribution in [-0.2, 0) is 0 Å². The molecule has 0 aliphatic carbocycles. The summed E-state index contributed by atoms with van der Waals surface area (Å²) in [5.41, 5.74) is 0. The number of amides is 2.